The smallest absolute Gasteiger partial charge is 0.267 e. The highest BCUT2D eigenvalue weighted by atomic mass is 32.2. The van der Waals surface area contributed by atoms with Crippen LogP contribution in [0.1, 0.15) is 41.3 Å². The topological polar surface area (TPSA) is 89.3 Å². The largest absolute Gasteiger partial charge is 0.341 e. The van der Waals surface area contributed by atoms with Crippen molar-refractivity contribution in [1.82, 2.24) is 14.5 Å². The van der Waals surface area contributed by atoms with E-state index >= 15 is 0 Å². The molecule has 192 valence electrons. The maximum Gasteiger partial charge on any atom is 0.267 e. The normalized spacial score (nSPS) is 21.0. The first kappa shape index (κ1) is 25.5. The van der Waals surface area contributed by atoms with Crippen molar-refractivity contribution in [3.05, 3.63) is 50.1 Å². The molecule has 5 rings (SSSR count). The highest BCUT2D eigenvalue weighted by Crippen LogP contribution is 2.37. The van der Waals surface area contributed by atoms with Gasteiger partial charge in [-0.25, -0.2) is 13.4 Å². The first-order valence-electron chi connectivity index (χ1n) is 12.3. The van der Waals surface area contributed by atoms with Crippen LogP contribution < -0.4 is 5.56 Å². The Bertz CT molecular complexity index is 1520. The zero-order valence-corrected chi connectivity index (χ0v) is 23.5. The molecule has 1 aromatic carbocycles. The second-order valence-electron chi connectivity index (χ2n) is 10.2. The third-order valence-electron chi connectivity index (χ3n) is 7.38. The summed E-state index contributed by atoms with van der Waals surface area (Å²) in [6.45, 7) is 6.22. The number of amides is 1. The number of thiophene rings is 1. The fourth-order valence-corrected chi connectivity index (χ4v) is 9.28. The van der Waals surface area contributed by atoms with Crippen molar-refractivity contribution < 1.29 is 13.2 Å². The summed E-state index contributed by atoms with van der Waals surface area (Å²) in [6, 6.07) is 5.71. The summed E-state index contributed by atoms with van der Waals surface area (Å²) in [5.74, 6) is 0.639. The van der Waals surface area contributed by atoms with Gasteiger partial charge in [0.2, 0.25) is 5.91 Å². The van der Waals surface area contributed by atoms with E-state index < -0.39 is 9.84 Å². The summed E-state index contributed by atoms with van der Waals surface area (Å²) in [5, 5.41) is 1.21. The van der Waals surface area contributed by atoms with E-state index in [1.54, 1.807) is 27.9 Å². The number of carbonyl (C=O) groups excluding carboxylic acids is 1. The van der Waals surface area contributed by atoms with Gasteiger partial charge in [0, 0.05) is 18.0 Å². The third kappa shape index (κ3) is 4.75. The molecule has 1 saturated heterocycles. The van der Waals surface area contributed by atoms with Gasteiger partial charge in [0.25, 0.3) is 5.56 Å². The highest BCUT2D eigenvalue weighted by molar-refractivity contribution is 7.99. The quantitative estimate of drug-likeness (QED) is 0.357. The Balaban J connectivity index is 1.55. The summed E-state index contributed by atoms with van der Waals surface area (Å²) in [7, 11) is -1.42. The molecular formula is C26H31N3O4S3. The fraction of sp³-hybridized carbons (Fsp3) is 0.500. The molecule has 2 atom stereocenters. The van der Waals surface area contributed by atoms with Gasteiger partial charge in [0.15, 0.2) is 15.0 Å². The Morgan fingerprint density at radius 3 is 2.78 bits per heavy atom. The lowest BCUT2D eigenvalue weighted by Gasteiger charge is -2.23. The van der Waals surface area contributed by atoms with E-state index in [-0.39, 0.29) is 34.8 Å². The molecule has 0 bridgehead atoms. The predicted octanol–water partition coefficient (Wildman–Crippen LogP) is 3.93. The number of carbonyl (C=O) groups is 1. The first-order valence-corrected chi connectivity index (χ1v) is 15.9. The SMILES string of the molecule is Cc1ccc(C)c(-n2c(SCC(=O)N(C)[C@@H]3CCS(=O)(=O)C3)nc3sc4c(c3c2=O)CC[C@H](C)C4)c1. The average molecular weight is 546 g/mol. The molecule has 1 aliphatic heterocycles. The van der Waals surface area contributed by atoms with Crippen molar-refractivity contribution >= 4 is 49.1 Å². The van der Waals surface area contributed by atoms with Crippen LogP contribution in [-0.4, -0.2) is 59.1 Å². The van der Waals surface area contributed by atoms with Crippen LogP contribution in [0.2, 0.25) is 0 Å². The average Bonchev–Trinajstić information content (AvgIpc) is 3.37. The second-order valence-corrected chi connectivity index (χ2v) is 14.5. The molecule has 0 N–H and O–H groups in total. The van der Waals surface area contributed by atoms with Crippen LogP contribution in [0, 0.1) is 19.8 Å². The molecule has 2 aromatic heterocycles. The van der Waals surface area contributed by atoms with E-state index in [9.17, 15) is 18.0 Å². The van der Waals surface area contributed by atoms with E-state index in [2.05, 4.69) is 6.92 Å². The van der Waals surface area contributed by atoms with E-state index in [0.717, 1.165) is 46.5 Å². The van der Waals surface area contributed by atoms with Crippen LogP contribution in [0.3, 0.4) is 0 Å². The number of rotatable bonds is 5. The first-order chi connectivity index (χ1) is 17.0. The van der Waals surface area contributed by atoms with Crippen molar-refractivity contribution in [1.29, 1.82) is 0 Å². The second kappa shape index (κ2) is 9.61. The maximum absolute atomic E-state index is 14.0. The van der Waals surface area contributed by atoms with E-state index in [1.165, 1.54) is 16.6 Å². The summed E-state index contributed by atoms with van der Waals surface area (Å²) in [6.07, 6.45) is 3.39. The fourth-order valence-electron chi connectivity index (χ4n) is 5.15. The van der Waals surface area contributed by atoms with Crippen molar-refractivity contribution in [2.75, 3.05) is 24.3 Å². The lowest BCUT2D eigenvalue weighted by atomic mass is 9.89. The third-order valence-corrected chi connectivity index (χ3v) is 11.2. The zero-order chi connectivity index (χ0) is 25.8. The summed E-state index contributed by atoms with van der Waals surface area (Å²) >= 11 is 2.85. The Morgan fingerprint density at radius 1 is 1.28 bits per heavy atom. The van der Waals surface area contributed by atoms with Crippen LogP contribution in [0.15, 0.2) is 28.2 Å². The standard InChI is InChI=1S/C26H31N3O4S3/c1-15-5-7-17(3)20(11-15)29-25(31)23-19-8-6-16(2)12-21(19)35-24(23)27-26(29)34-13-22(30)28(4)18-9-10-36(32,33)14-18/h5,7,11,16,18H,6,8-10,12-14H2,1-4H3/t16-,18+/m0/s1. The zero-order valence-electron chi connectivity index (χ0n) is 21.0. The molecule has 0 unspecified atom stereocenters. The lowest BCUT2D eigenvalue weighted by molar-refractivity contribution is -0.128. The van der Waals surface area contributed by atoms with E-state index in [1.807, 2.05) is 32.0 Å². The number of hydrogen-bond donors (Lipinski definition) is 0. The number of sulfone groups is 1. The number of aromatic nitrogens is 2. The van der Waals surface area contributed by atoms with Crippen molar-refractivity contribution in [3.63, 3.8) is 0 Å². The lowest BCUT2D eigenvalue weighted by Crippen LogP contribution is -2.39. The van der Waals surface area contributed by atoms with Gasteiger partial charge >= 0.3 is 0 Å². The molecule has 10 heteroatoms. The number of fused-ring (bicyclic) bond motifs is 3. The van der Waals surface area contributed by atoms with Gasteiger partial charge in [-0.2, -0.15) is 0 Å². The molecule has 1 aliphatic carbocycles. The van der Waals surface area contributed by atoms with Crippen molar-refractivity contribution in [2.24, 2.45) is 5.92 Å². The van der Waals surface area contributed by atoms with Gasteiger partial charge in [-0.05, 0) is 68.2 Å². The molecule has 0 radical (unpaired) electrons. The summed E-state index contributed by atoms with van der Waals surface area (Å²) < 4.78 is 25.4. The molecule has 1 fully saturated rings. The van der Waals surface area contributed by atoms with E-state index in [0.29, 0.717) is 22.9 Å². The van der Waals surface area contributed by atoms with Crippen molar-refractivity contribution in [2.45, 2.75) is 57.7 Å². The van der Waals surface area contributed by atoms with Gasteiger partial charge in [-0.1, -0.05) is 30.8 Å². The predicted molar refractivity (Wildman–Crippen MR) is 146 cm³/mol. The van der Waals surface area contributed by atoms with Gasteiger partial charge in [0.05, 0.1) is 28.3 Å². The summed E-state index contributed by atoms with van der Waals surface area (Å²) in [5.41, 5.74) is 3.84. The van der Waals surface area contributed by atoms with E-state index in [4.69, 9.17) is 4.98 Å². The van der Waals surface area contributed by atoms with Crippen LogP contribution in [0.5, 0.6) is 0 Å². The molecule has 0 spiro atoms. The highest BCUT2D eigenvalue weighted by Gasteiger charge is 2.33. The van der Waals surface area contributed by atoms with Gasteiger partial charge in [-0.3, -0.25) is 14.2 Å². The Labute approximate surface area is 219 Å². The molecular weight excluding hydrogens is 515 g/mol. The maximum atomic E-state index is 14.0. The van der Waals surface area contributed by atoms with Crippen molar-refractivity contribution in [3.8, 4) is 5.69 Å². The number of thioether (sulfide) groups is 1. The summed E-state index contributed by atoms with van der Waals surface area (Å²) in [4.78, 5) is 35.5. The van der Waals surface area contributed by atoms with Crippen LogP contribution in [0.25, 0.3) is 15.9 Å². The molecule has 3 heterocycles. The minimum atomic E-state index is -3.09. The number of benzene rings is 1. The Hall–Kier alpha value is -2.17. The van der Waals surface area contributed by atoms with Crippen LogP contribution in [0.4, 0.5) is 0 Å². The molecule has 2 aliphatic rings. The van der Waals surface area contributed by atoms with Gasteiger partial charge in [0.1, 0.15) is 4.83 Å². The minimum absolute atomic E-state index is 0.0104. The molecule has 36 heavy (non-hydrogen) atoms. The minimum Gasteiger partial charge on any atom is -0.341 e. The van der Waals surface area contributed by atoms with Crippen LogP contribution >= 0.6 is 23.1 Å². The Morgan fingerprint density at radius 2 is 2.06 bits per heavy atom. The molecule has 7 nitrogen and oxygen atoms in total. The van der Waals surface area contributed by atoms with Crippen LogP contribution in [-0.2, 0) is 27.5 Å². The number of nitrogens with zero attached hydrogens (tertiary/aromatic N) is 3. The Kier molecular flexibility index (Phi) is 6.80. The van der Waals surface area contributed by atoms with Gasteiger partial charge < -0.3 is 4.90 Å². The monoisotopic (exact) mass is 545 g/mol. The molecule has 0 saturated carbocycles. The number of aryl methyl sites for hydroxylation is 3. The molecule has 1 amide bonds. The molecule has 3 aromatic rings. The van der Waals surface area contributed by atoms with Gasteiger partial charge in [-0.15, -0.1) is 11.3 Å². The number of hydrogen-bond acceptors (Lipinski definition) is 7.